The molecule has 0 radical (unpaired) electrons. The van der Waals surface area contributed by atoms with Crippen molar-refractivity contribution < 1.29 is 59.1 Å². The summed E-state index contributed by atoms with van der Waals surface area (Å²) in [6, 6.07) is 11.7. The Hall–Kier alpha value is -3.11. The molecule has 2 fully saturated rings. The first-order chi connectivity index (χ1) is 18.6. The third-order valence-corrected chi connectivity index (χ3v) is 6.80. The van der Waals surface area contributed by atoms with Crippen LogP contribution in [0.5, 0.6) is 11.5 Å². The SMILES string of the molecule is O=c1cc(-c2ccc(O)cc2)oc2cc(O[C@@H]3O[C@H](CO)[C@@H](O)[C@H](O)[C@H]3O[C@@H]3OC[C@](O)(CO)[C@H]3O)ccc12. The number of ether oxygens (including phenoxy) is 4. The second-order valence-electron chi connectivity index (χ2n) is 9.49. The van der Waals surface area contributed by atoms with Crippen molar-refractivity contribution in [3.05, 3.63) is 58.8 Å². The van der Waals surface area contributed by atoms with Gasteiger partial charge in [-0.3, -0.25) is 4.79 Å². The molecular formula is C26H28O13. The van der Waals surface area contributed by atoms with E-state index in [4.69, 9.17) is 23.4 Å². The van der Waals surface area contributed by atoms with Gasteiger partial charge in [0.2, 0.25) is 6.29 Å². The molecule has 7 N–H and O–H groups in total. The fraction of sp³-hybridized carbons (Fsp3) is 0.423. The molecule has 0 bridgehead atoms. The molecule has 2 aliphatic heterocycles. The molecule has 2 aliphatic rings. The first kappa shape index (κ1) is 27.5. The molecular weight excluding hydrogens is 520 g/mol. The largest absolute Gasteiger partial charge is 0.508 e. The number of hydrogen-bond acceptors (Lipinski definition) is 13. The maximum absolute atomic E-state index is 12.7. The molecule has 0 amide bonds. The minimum atomic E-state index is -2.00. The Kier molecular flexibility index (Phi) is 7.61. The smallest absolute Gasteiger partial charge is 0.229 e. The summed E-state index contributed by atoms with van der Waals surface area (Å²) in [6.45, 7) is -1.94. The van der Waals surface area contributed by atoms with Crippen molar-refractivity contribution in [2.24, 2.45) is 0 Å². The number of rotatable bonds is 7. The van der Waals surface area contributed by atoms with Gasteiger partial charge in [-0.05, 0) is 36.4 Å². The quantitative estimate of drug-likeness (QED) is 0.185. The van der Waals surface area contributed by atoms with Crippen molar-refractivity contribution in [1.29, 1.82) is 0 Å². The number of aliphatic hydroxyl groups is 6. The number of phenols is 1. The molecule has 39 heavy (non-hydrogen) atoms. The van der Waals surface area contributed by atoms with Gasteiger partial charge in [-0.15, -0.1) is 0 Å². The van der Waals surface area contributed by atoms with E-state index in [0.29, 0.717) is 5.56 Å². The van der Waals surface area contributed by atoms with Gasteiger partial charge in [0.05, 0.1) is 25.2 Å². The van der Waals surface area contributed by atoms with Gasteiger partial charge < -0.3 is 59.1 Å². The van der Waals surface area contributed by atoms with E-state index in [1.807, 2.05) is 0 Å². The highest BCUT2D eigenvalue weighted by Gasteiger charge is 2.53. The van der Waals surface area contributed by atoms with E-state index >= 15 is 0 Å². The number of hydrogen-bond donors (Lipinski definition) is 7. The van der Waals surface area contributed by atoms with Crippen molar-refractivity contribution in [3.63, 3.8) is 0 Å². The lowest BCUT2D eigenvalue weighted by molar-refractivity contribution is -0.318. The Morgan fingerprint density at radius 3 is 2.38 bits per heavy atom. The normalized spacial score (nSPS) is 32.9. The van der Waals surface area contributed by atoms with Crippen LogP contribution in [0.25, 0.3) is 22.3 Å². The number of phenolic OH excluding ortho intramolecular Hbond substituents is 1. The lowest BCUT2D eigenvalue weighted by Gasteiger charge is -2.42. The fourth-order valence-electron chi connectivity index (χ4n) is 4.47. The van der Waals surface area contributed by atoms with E-state index in [9.17, 15) is 40.5 Å². The minimum Gasteiger partial charge on any atom is -0.508 e. The highest BCUT2D eigenvalue weighted by molar-refractivity contribution is 5.80. The molecule has 0 aliphatic carbocycles. The number of benzene rings is 2. The number of aliphatic hydroxyl groups excluding tert-OH is 5. The highest BCUT2D eigenvalue weighted by atomic mass is 16.8. The molecule has 3 heterocycles. The van der Waals surface area contributed by atoms with Crippen LogP contribution in [-0.2, 0) is 14.2 Å². The Morgan fingerprint density at radius 1 is 0.974 bits per heavy atom. The summed E-state index contributed by atoms with van der Waals surface area (Å²) in [7, 11) is 0. The maximum Gasteiger partial charge on any atom is 0.229 e. The van der Waals surface area contributed by atoms with Gasteiger partial charge in [-0.1, -0.05) is 0 Å². The average molecular weight is 548 g/mol. The average Bonchev–Trinajstić information content (AvgIpc) is 3.22. The molecule has 1 aromatic heterocycles. The van der Waals surface area contributed by atoms with Crippen molar-refractivity contribution >= 4 is 11.0 Å². The lowest BCUT2D eigenvalue weighted by atomic mass is 9.98. The van der Waals surface area contributed by atoms with Crippen LogP contribution in [-0.4, -0.2) is 104 Å². The molecule has 2 saturated heterocycles. The molecule has 13 heteroatoms. The molecule has 210 valence electrons. The van der Waals surface area contributed by atoms with Crippen molar-refractivity contribution in [3.8, 4) is 22.8 Å². The summed E-state index contributed by atoms with van der Waals surface area (Å²) in [6.07, 6.45) is -10.7. The summed E-state index contributed by atoms with van der Waals surface area (Å²) in [5.41, 5.74) is -1.64. The Morgan fingerprint density at radius 2 is 1.72 bits per heavy atom. The molecule has 2 aromatic carbocycles. The van der Waals surface area contributed by atoms with Gasteiger partial charge in [0.1, 0.15) is 52.9 Å². The highest BCUT2D eigenvalue weighted by Crippen LogP contribution is 2.33. The predicted molar refractivity (Wildman–Crippen MR) is 131 cm³/mol. The van der Waals surface area contributed by atoms with Crippen LogP contribution in [0.1, 0.15) is 0 Å². The topological polar surface area (TPSA) is 209 Å². The molecule has 8 atom stereocenters. The van der Waals surface area contributed by atoms with Crippen LogP contribution in [0.3, 0.4) is 0 Å². The molecule has 0 unspecified atom stereocenters. The van der Waals surface area contributed by atoms with E-state index in [1.54, 1.807) is 12.1 Å². The standard InChI is InChI=1S/C26H28O13/c27-9-19-20(31)21(32)22(39-25-23(33)26(34,10-28)11-35-25)24(38-19)36-14-5-6-15-16(30)8-17(37-18(15)7-14)12-1-3-13(29)4-2-12/h1-8,19-25,27-29,31-34H,9-11H2/t19-,20-,21+,22-,23+,24-,25+,26-/m1/s1. The zero-order valence-electron chi connectivity index (χ0n) is 20.4. The third-order valence-electron chi connectivity index (χ3n) is 6.80. The second kappa shape index (κ2) is 10.8. The second-order valence-corrected chi connectivity index (χ2v) is 9.49. The summed E-state index contributed by atoms with van der Waals surface area (Å²) in [4.78, 5) is 12.7. The Balaban J connectivity index is 1.44. The van der Waals surface area contributed by atoms with Crippen LogP contribution >= 0.6 is 0 Å². The van der Waals surface area contributed by atoms with E-state index in [-0.39, 0.29) is 33.7 Å². The summed E-state index contributed by atoms with van der Waals surface area (Å²) >= 11 is 0. The van der Waals surface area contributed by atoms with Gasteiger partial charge in [-0.25, -0.2) is 0 Å². The van der Waals surface area contributed by atoms with Gasteiger partial charge in [-0.2, -0.15) is 0 Å². The van der Waals surface area contributed by atoms with Gasteiger partial charge in [0.15, 0.2) is 17.8 Å². The van der Waals surface area contributed by atoms with Crippen LogP contribution in [0.15, 0.2) is 57.7 Å². The first-order valence-corrected chi connectivity index (χ1v) is 12.1. The zero-order valence-corrected chi connectivity index (χ0v) is 20.4. The first-order valence-electron chi connectivity index (χ1n) is 12.1. The van der Waals surface area contributed by atoms with Crippen LogP contribution in [0.2, 0.25) is 0 Å². The van der Waals surface area contributed by atoms with E-state index in [0.717, 1.165) is 0 Å². The van der Waals surface area contributed by atoms with E-state index in [2.05, 4.69) is 0 Å². The Bertz CT molecular complexity index is 1360. The van der Waals surface area contributed by atoms with E-state index < -0.39 is 68.5 Å². The van der Waals surface area contributed by atoms with Crippen LogP contribution < -0.4 is 10.2 Å². The van der Waals surface area contributed by atoms with Gasteiger partial charge in [0, 0.05) is 17.7 Å². The van der Waals surface area contributed by atoms with Gasteiger partial charge in [0.25, 0.3) is 0 Å². The monoisotopic (exact) mass is 548 g/mol. The summed E-state index contributed by atoms with van der Waals surface area (Å²) in [5.74, 6) is 0.390. The van der Waals surface area contributed by atoms with Crippen molar-refractivity contribution in [2.45, 2.75) is 48.7 Å². The molecule has 3 aromatic rings. The Labute approximate surface area is 220 Å². The molecule has 0 spiro atoms. The van der Waals surface area contributed by atoms with Crippen molar-refractivity contribution in [1.82, 2.24) is 0 Å². The third kappa shape index (κ3) is 5.24. The predicted octanol–water partition coefficient (Wildman–Crippen LogP) is -1.19. The lowest BCUT2D eigenvalue weighted by Crippen LogP contribution is -2.62. The fourth-order valence-corrected chi connectivity index (χ4v) is 4.47. The summed E-state index contributed by atoms with van der Waals surface area (Å²) in [5, 5.41) is 70.5. The summed E-state index contributed by atoms with van der Waals surface area (Å²) < 4.78 is 28.3. The van der Waals surface area contributed by atoms with Crippen LogP contribution in [0, 0.1) is 0 Å². The molecule has 0 saturated carbocycles. The molecule has 13 nitrogen and oxygen atoms in total. The number of aromatic hydroxyl groups is 1. The maximum atomic E-state index is 12.7. The zero-order chi connectivity index (χ0) is 27.9. The molecule has 5 rings (SSSR count). The number of fused-ring (bicyclic) bond motifs is 1. The van der Waals surface area contributed by atoms with Gasteiger partial charge >= 0.3 is 0 Å². The van der Waals surface area contributed by atoms with Crippen LogP contribution in [0.4, 0.5) is 0 Å². The van der Waals surface area contributed by atoms with E-state index in [1.165, 1.54) is 36.4 Å². The van der Waals surface area contributed by atoms with Crippen molar-refractivity contribution in [2.75, 3.05) is 19.8 Å². The minimum absolute atomic E-state index is 0.0480.